The molecule has 0 saturated carbocycles. The van der Waals surface area contributed by atoms with Crippen molar-refractivity contribution in [3.05, 3.63) is 69.5 Å². The quantitative estimate of drug-likeness (QED) is 0.162. The van der Waals surface area contributed by atoms with Crippen LogP contribution >= 0.6 is 23.2 Å². The van der Waals surface area contributed by atoms with Crippen LogP contribution in [-0.4, -0.2) is 38.6 Å². The molecule has 3 rings (SSSR count). The van der Waals surface area contributed by atoms with Crippen molar-refractivity contribution < 1.29 is 19.2 Å². The van der Waals surface area contributed by atoms with Crippen LogP contribution in [0.3, 0.4) is 0 Å². The van der Waals surface area contributed by atoms with Crippen molar-refractivity contribution in [2.75, 3.05) is 6.54 Å². The van der Waals surface area contributed by atoms with Gasteiger partial charge in [0.15, 0.2) is 5.82 Å². The lowest BCUT2D eigenvalue weighted by atomic mass is 10.00. The number of carbonyl (C=O) groups is 2. The van der Waals surface area contributed by atoms with Crippen LogP contribution in [0.25, 0.3) is 11.5 Å². The minimum atomic E-state index is -1.49. The Labute approximate surface area is 234 Å². The van der Waals surface area contributed by atoms with Gasteiger partial charge in [0, 0.05) is 18.5 Å². The number of benzene rings is 2. The van der Waals surface area contributed by atoms with E-state index in [1.807, 2.05) is 37.3 Å². The smallest absolute Gasteiger partial charge is 0.394 e. The number of hydrogen-bond acceptors (Lipinski definition) is 5. The maximum Gasteiger partial charge on any atom is 0.394 e. The Bertz CT molecular complexity index is 1200. The highest BCUT2D eigenvalue weighted by Gasteiger charge is 2.28. The minimum absolute atomic E-state index is 0.217. The third-order valence-corrected chi connectivity index (χ3v) is 7.34. The van der Waals surface area contributed by atoms with Gasteiger partial charge in [-0.2, -0.15) is 4.98 Å². The topological polar surface area (TPSA) is 96.5 Å². The van der Waals surface area contributed by atoms with E-state index in [0.29, 0.717) is 34.6 Å². The third kappa shape index (κ3) is 8.30. The van der Waals surface area contributed by atoms with Crippen molar-refractivity contribution in [1.29, 1.82) is 0 Å². The molecule has 0 bridgehead atoms. The predicted molar refractivity (Wildman–Crippen MR) is 149 cm³/mol. The molecule has 1 atom stereocenters. The number of hydrogen-bond donors (Lipinski definition) is 1. The first-order valence-corrected chi connectivity index (χ1v) is 14.0. The standard InChI is InChI=1S/C29H35Cl2N3O4/c1-3-5-6-7-8-9-10-26-32-27(38-33-26)22-14-12-21(13-15-22)25(4-2)34(28(35)29(36)37)18-17-20-11-16-23(30)24(31)19-20/h11-16,19,25H,3-10,17-18H2,1-2H3,(H,36,37). The van der Waals surface area contributed by atoms with E-state index in [1.54, 1.807) is 12.1 Å². The van der Waals surface area contributed by atoms with Crippen molar-refractivity contribution in [2.45, 2.75) is 77.7 Å². The first kappa shape index (κ1) is 29.7. The van der Waals surface area contributed by atoms with Gasteiger partial charge < -0.3 is 14.5 Å². The molecule has 0 radical (unpaired) electrons. The van der Waals surface area contributed by atoms with E-state index in [-0.39, 0.29) is 6.54 Å². The van der Waals surface area contributed by atoms with Crippen LogP contribution in [0.15, 0.2) is 47.0 Å². The fraction of sp³-hybridized carbons (Fsp3) is 0.448. The van der Waals surface area contributed by atoms with E-state index >= 15 is 0 Å². The van der Waals surface area contributed by atoms with E-state index in [9.17, 15) is 14.7 Å². The van der Waals surface area contributed by atoms with Crippen LogP contribution in [0.1, 0.15) is 81.8 Å². The monoisotopic (exact) mass is 559 g/mol. The van der Waals surface area contributed by atoms with Crippen molar-refractivity contribution in [2.24, 2.45) is 0 Å². The lowest BCUT2D eigenvalue weighted by Gasteiger charge is -2.30. The summed E-state index contributed by atoms with van der Waals surface area (Å²) in [4.78, 5) is 30.2. The average molecular weight is 561 g/mol. The molecule has 2 aromatic carbocycles. The van der Waals surface area contributed by atoms with Gasteiger partial charge >= 0.3 is 11.9 Å². The zero-order valence-corrected chi connectivity index (χ0v) is 23.5. The second-order valence-electron chi connectivity index (χ2n) is 9.38. The number of carboxylic acids is 1. The molecule has 3 aromatic rings. The molecule has 0 fully saturated rings. The van der Waals surface area contributed by atoms with E-state index in [1.165, 1.54) is 30.6 Å². The van der Waals surface area contributed by atoms with Crippen molar-refractivity contribution in [3.63, 3.8) is 0 Å². The Morgan fingerprint density at radius 3 is 2.32 bits per heavy atom. The summed E-state index contributed by atoms with van der Waals surface area (Å²) in [6.07, 6.45) is 8.98. The molecule has 0 aliphatic rings. The summed E-state index contributed by atoms with van der Waals surface area (Å²) in [5, 5.41) is 14.4. The number of amides is 1. The first-order valence-electron chi connectivity index (χ1n) is 13.2. The zero-order chi connectivity index (χ0) is 27.5. The average Bonchev–Trinajstić information content (AvgIpc) is 3.39. The number of halogens is 2. The summed E-state index contributed by atoms with van der Waals surface area (Å²) >= 11 is 12.1. The number of unbranched alkanes of at least 4 members (excludes halogenated alkanes) is 5. The second kappa shape index (κ2) is 14.9. The fourth-order valence-corrected chi connectivity index (χ4v) is 4.81. The molecule has 7 nitrogen and oxygen atoms in total. The number of carbonyl (C=O) groups excluding carboxylic acids is 1. The molecule has 1 amide bonds. The Balaban J connectivity index is 1.68. The van der Waals surface area contributed by atoms with Crippen molar-refractivity contribution in [1.82, 2.24) is 15.0 Å². The van der Waals surface area contributed by atoms with Gasteiger partial charge in [-0.25, -0.2) is 4.79 Å². The van der Waals surface area contributed by atoms with Crippen LogP contribution in [0.2, 0.25) is 10.0 Å². The van der Waals surface area contributed by atoms with Crippen LogP contribution < -0.4 is 0 Å². The minimum Gasteiger partial charge on any atom is -0.474 e. The highest BCUT2D eigenvalue weighted by atomic mass is 35.5. The first-order chi connectivity index (χ1) is 18.3. The van der Waals surface area contributed by atoms with Crippen LogP contribution in [0, 0.1) is 0 Å². The molecule has 0 aliphatic heterocycles. The van der Waals surface area contributed by atoms with Gasteiger partial charge in [-0.15, -0.1) is 0 Å². The van der Waals surface area contributed by atoms with E-state index in [4.69, 9.17) is 27.7 Å². The maximum absolute atomic E-state index is 12.7. The second-order valence-corrected chi connectivity index (χ2v) is 10.2. The number of carboxylic acid groups (broad SMARTS) is 1. The molecule has 204 valence electrons. The molecule has 0 saturated heterocycles. The number of aryl methyl sites for hydroxylation is 1. The Morgan fingerprint density at radius 2 is 1.66 bits per heavy atom. The summed E-state index contributed by atoms with van der Waals surface area (Å²) < 4.78 is 5.47. The summed E-state index contributed by atoms with van der Waals surface area (Å²) in [6, 6.07) is 12.3. The van der Waals surface area contributed by atoms with Crippen LogP contribution in [0.5, 0.6) is 0 Å². The molecule has 0 spiro atoms. The Morgan fingerprint density at radius 1 is 0.947 bits per heavy atom. The molecular weight excluding hydrogens is 525 g/mol. The highest BCUT2D eigenvalue weighted by Crippen LogP contribution is 2.28. The number of rotatable bonds is 14. The SMILES string of the molecule is CCCCCCCCc1noc(-c2ccc(C(CC)N(CCc3ccc(Cl)c(Cl)c3)C(=O)C(=O)O)cc2)n1. The van der Waals surface area contributed by atoms with Gasteiger partial charge in [0.05, 0.1) is 16.1 Å². The molecule has 1 aromatic heterocycles. The molecule has 1 heterocycles. The molecule has 9 heteroatoms. The lowest BCUT2D eigenvalue weighted by molar-refractivity contribution is -0.157. The van der Waals surface area contributed by atoms with Crippen molar-refractivity contribution in [3.8, 4) is 11.5 Å². The largest absolute Gasteiger partial charge is 0.474 e. The Kier molecular flexibility index (Phi) is 11.6. The zero-order valence-electron chi connectivity index (χ0n) is 22.0. The number of aromatic nitrogens is 2. The lowest BCUT2D eigenvalue weighted by Crippen LogP contribution is -2.40. The van der Waals surface area contributed by atoms with E-state index in [2.05, 4.69) is 17.1 Å². The molecule has 1 unspecified atom stereocenters. The summed E-state index contributed by atoms with van der Waals surface area (Å²) in [5.74, 6) is -1.29. The molecular formula is C29H35Cl2N3O4. The summed E-state index contributed by atoms with van der Waals surface area (Å²) in [5.41, 5.74) is 2.46. The third-order valence-electron chi connectivity index (χ3n) is 6.60. The van der Waals surface area contributed by atoms with Gasteiger partial charge in [0.25, 0.3) is 5.89 Å². The predicted octanol–water partition coefficient (Wildman–Crippen LogP) is 7.55. The van der Waals surface area contributed by atoms with Gasteiger partial charge in [0.2, 0.25) is 0 Å². The van der Waals surface area contributed by atoms with Gasteiger partial charge in [-0.1, -0.05) is 92.5 Å². The van der Waals surface area contributed by atoms with Gasteiger partial charge in [0.1, 0.15) is 0 Å². The number of nitrogens with zero attached hydrogens (tertiary/aromatic N) is 3. The highest BCUT2D eigenvalue weighted by molar-refractivity contribution is 6.42. The van der Waals surface area contributed by atoms with Gasteiger partial charge in [-0.3, -0.25) is 4.79 Å². The Hall–Kier alpha value is -2.90. The summed E-state index contributed by atoms with van der Waals surface area (Å²) in [7, 11) is 0. The van der Waals surface area contributed by atoms with E-state index < -0.39 is 17.9 Å². The molecule has 0 aliphatic carbocycles. The van der Waals surface area contributed by atoms with Crippen molar-refractivity contribution >= 4 is 35.1 Å². The summed E-state index contributed by atoms with van der Waals surface area (Å²) in [6.45, 7) is 4.35. The number of aliphatic carboxylic acids is 1. The van der Waals surface area contributed by atoms with Crippen LogP contribution in [0.4, 0.5) is 0 Å². The van der Waals surface area contributed by atoms with Crippen LogP contribution in [-0.2, 0) is 22.4 Å². The van der Waals surface area contributed by atoms with E-state index in [0.717, 1.165) is 36.0 Å². The fourth-order valence-electron chi connectivity index (χ4n) is 4.49. The normalized spacial score (nSPS) is 11.9. The van der Waals surface area contributed by atoms with Gasteiger partial charge in [-0.05, 0) is 54.7 Å². The molecule has 1 N–H and O–H groups in total. The molecule has 38 heavy (non-hydrogen) atoms. The maximum atomic E-state index is 12.7.